The van der Waals surface area contributed by atoms with E-state index in [2.05, 4.69) is 38.1 Å². The van der Waals surface area contributed by atoms with Crippen molar-refractivity contribution in [2.45, 2.75) is 26.3 Å². The van der Waals surface area contributed by atoms with Crippen LogP contribution in [0.25, 0.3) is 11.1 Å². The summed E-state index contributed by atoms with van der Waals surface area (Å²) < 4.78 is 0. The molecule has 178 valence electrons. The minimum atomic E-state index is -0.984. The summed E-state index contributed by atoms with van der Waals surface area (Å²) in [6.07, 6.45) is 0. The molecule has 0 bridgehead atoms. The number of carboxylic acids is 1. The molecule has 0 atom stereocenters. The number of fused-ring (bicyclic) bond motifs is 1. The van der Waals surface area contributed by atoms with E-state index in [9.17, 15) is 14.7 Å². The summed E-state index contributed by atoms with van der Waals surface area (Å²) in [6.45, 7) is 4.62. The highest BCUT2D eigenvalue weighted by Crippen LogP contribution is 2.43. The predicted octanol–water partition coefficient (Wildman–Crippen LogP) is 7.01. The first-order valence-corrected chi connectivity index (χ1v) is 12.1. The maximum atomic E-state index is 14.1. The molecular formula is C32H27NO3. The fourth-order valence-electron chi connectivity index (χ4n) is 4.76. The molecule has 1 amide bonds. The first-order valence-electron chi connectivity index (χ1n) is 12.1. The van der Waals surface area contributed by atoms with Crippen molar-refractivity contribution in [1.82, 2.24) is 0 Å². The fourth-order valence-corrected chi connectivity index (χ4v) is 4.76. The van der Waals surface area contributed by atoms with Crippen molar-refractivity contribution in [3.05, 3.63) is 137 Å². The van der Waals surface area contributed by atoms with E-state index in [1.54, 1.807) is 23.1 Å². The van der Waals surface area contributed by atoms with Crippen LogP contribution in [-0.4, -0.2) is 17.0 Å². The van der Waals surface area contributed by atoms with Gasteiger partial charge in [0, 0.05) is 11.1 Å². The monoisotopic (exact) mass is 473 g/mol. The van der Waals surface area contributed by atoms with E-state index in [1.807, 2.05) is 60.7 Å². The highest BCUT2D eigenvalue weighted by atomic mass is 16.4. The molecule has 0 radical (unpaired) electrons. The third-order valence-corrected chi connectivity index (χ3v) is 6.62. The number of benzene rings is 4. The summed E-state index contributed by atoms with van der Waals surface area (Å²) in [5.41, 5.74) is 7.43. The Bertz CT molecular complexity index is 1470. The molecule has 0 aromatic heterocycles. The quantitative estimate of drug-likeness (QED) is 0.306. The fraction of sp³-hybridized carbons (Fsp3) is 0.125. The molecule has 1 heterocycles. The van der Waals surface area contributed by atoms with Gasteiger partial charge in [0.1, 0.15) is 0 Å². The third-order valence-electron chi connectivity index (χ3n) is 6.62. The molecular weight excluding hydrogens is 446 g/mol. The van der Waals surface area contributed by atoms with Gasteiger partial charge in [-0.2, -0.15) is 0 Å². The van der Waals surface area contributed by atoms with E-state index in [-0.39, 0.29) is 18.0 Å². The predicted molar refractivity (Wildman–Crippen MR) is 144 cm³/mol. The number of aromatic carboxylic acids is 1. The van der Waals surface area contributed by atoms with E-state index >= 15 is 0 Å². The Morgan fingerprint density at radius 2 is 1.42 bits per heavy atom. The first kappa shape index (κ1) is 23.3. The number of carbonyl (C=O) groups is 2. The SMILES string of the molecule is CC(C)c1ccc(/C(=C2/C(=O)N(Cc3cccc(C(=O)O)c3)c3ccccc32)c2ccccc2)cc1. The van der Waals surface area contributed by atoms with Gasteiger partial charge in [-0.1, -0.05) is 98.8 Å². The minimum Gasteiger partial charge on any atom is -0.478 e. The summed E-state index contributed by atoms with van der Waals surface area (Å²) >= 11 is 0. The van der Waals surface area contributed by atoms with Crippen LogP contribution in [0.4, 0.5) is 5.69 Å². The lowest BCUT2D eigenvalue weighted by Crippen LogP contribution is -2.26. The molecule has 0 fully saturated rings. The third kappa shape index (κ3) is 4.34. The van der Waals surface area contributed by atoms with Crippen molar-refractivity contribution in [2.24, 2.45) is 0 Å². The van der Waals surface area contributed by atoms with Crippen molar-refractivity contribution < 1.29 is 14.7 Å². The molecule has 0 saturated heterocycles. The van der Waals surface area contributed by atoms with Gasteiger partial charge in [-0.3, -0.25) is 4.79 Å². The van der Waals surface area contributed by atoms with Crippen LogP contribution in [0.1, 0.15) is 57.9 Å². The molecule has 0 spiro atoms. The number of carboxylic acid groups (broad SMARTS) is 1. The lowest BCUT2D eigenvalue weighted by molar-refractivity contribution is -0.113. The van der Waals surface area contributed by atoms with Crippen LogP contribution in [0, 0.1) is 0 Å². The van der Waals surface area contributed by atoms with Gasteiger partial charge in [-0.05, 0) is 46.4 Å². The second-order valence-corrected chi connectivity index (χ2v) is 9.31. The number of carbonyl (C=O) groups excluding carboxylic acids is 1. The van der Waals surface area contributed by atoms with Crippen LogP contribution in [0.15, 0.2) is 103 Å². The van der Waals surface area contributed by atoms with E-state index in [4.69, 9.17) is 0 Å². The van der Waals surface area contributed by atoms with Gasteiger partial charge < -0.3 is 10.0 Å². The minimum absolute atomic E-state index is 0.0938. The molecule has 1 aliphatic rings. The Labute approximate surface area is 211 Å². The Balaban J connectivity index is 1.68. The van der Waals surface area contributed by atoms with Crippen molar-refractivity contribution in [2.75, 3.05) is 4.90 Å². The van der Waals surface area contributed by atoms with Crippen LogP contribution < -0.4 is 4.90 Å². The molecule has 4 aromatic rings. The Hall–Kier alpha value is -4.44. The highest BCUT2D eigenvalue weighted by molar-refractivity contribution is 6.38. The lowest BCUT2D eigenvalue weighted by Gasteiger charge is -2.18. The largest absolute Gasteiger partial charge is 0.478 e. The zero-order valence-electron chi connectivity index (χ0n) is 20.3. The molecule has 4 aromatic carbocycles. The molecule has 36 heavy (non-hydrogen) atoms. The molecule has 4 nitrogen and oxygen atoms in total. The van der Waals surface area contributed by atoms with Gasteiger partial charge in [0.15, 0.2) is 0 Å². The zero-order valence-corrected chi connectivity index (χ0v) is 20.3. The van der Waals surface area contributed by atoms with Gasteiger partial charge in [0.05, 0.1) is 23.4 Å². The molecule has 0 unspecified atom stereocenters. The molecule has 5 rings (SSSR count). The van der Waals surface area contributed by atoms with Gasteiger partial charge in [-0.15, -0.1) is 0 Å². The molecule has 0 saturated carbocycles. The maximum Gasteiger partial charge on any atom is 0.335 e. The van der Waals surface area contributed by atoms with Crippen molar-refractivity contribution in [3.63, 3.8) is 0 Å². The first-order chi connectivity index (χ1) is 17.4. The molecule has 0 aliphatic carbocycles. The van der Waals surface area contributed by atoms with Gasteiger partial charge in [0.2, 0.25) is 0 Å². The number of para-hydroxylation sites is 1. The average Bonchev–Trinajstić information content (AvgIpc) is 3.16. The highest BCUT2D eigenvalue weighted by Gasteiger charge is 2.35. The van der Waals surface area contributed by atoms with Crippen LogP contribution in [-0.2, 0) is 11.3 Å². The topological polar surface area (TPSA) is 57.6 Å². The maximum absolute atomic E-state index is 14.1. The summed E-state index contributed by atoms with van der Waals surface area (Å²) in [4.78, 5) is 27.3. The van der Waals surface area contributed by atoms with Crippen LogP contribution >= 0.6 is 0 Å². The smallest absolute Gasteiger partial charge is 0.335 e. The number of amides is 1. The van der Waals surface area contributed by atoms with Crippen molar-refractivity contribution in [3.8, 4) is 0 Å². The summed E-state index contributed by atoms with van der Waals surface area (Å²) in [5.74, 6) is -0.664. The van der Waals surface area contributed by atoms with Crippen LogP contribution in [0.2, 0.25) is 0 Å². The number of rotatable bonds is 6. The van der Waals surface area contributed by atoms with Crippen LogP contribution in [0.3, 0.4) is 0 Å². The van der Waals surface area contributed by atoms with Gasteiger partial charge in [0.25, 0.3) is 5.91 Å². The van der Waals surface area contributed by atoms with Crippen LogP contribution in [0.5, 0.6) is 0 Å². The molecule has 1 N–H and O–H groups in total. The van der Waals surface area contributed by atoms with E-state index in [0.717, 1.165) is 33.5 Å². The second-order valence-electron chi connectivity index (χ2n) is 9.31. The normalized spacial score (nSPS) is 14.2. The Kier molecular flexibility index (Phi) is 6.26. The Morgan fingerprint density at radius 3 is 2.11 bits per heavy atom. The number of nitrogens with zero attached hydrogens (tertiary/aromatic N) is 1. The van der Waals surface area contributed by atoms with Crippen molar-refractivity contribution in [1.29, 1.82) is 0 Å². The average molecular weight is 474 g/mol. The zero-order chi connectivity index (χ0) is 25.2. The lowest BCUT2D eigenvalue weighted by atomic mass is 9.89. The second kappa shape index (κ2) is 9.67. The van der Waals surface area contributed by atoms with Crippen molar-refractivity contribution >= 4 is 28.7 Å². The van der Waals surface area contributed by atoms with E-state index < -0.39 is 5.97 Å². The van der Waals surface area contributed by atoms with Gasteiger partial charge in [-0.25, -0.2) is 4.79 Å². The van der Waals surface area contributed by atoms with E-state index in [0.29, 0.717) is 11.5 Å². The Morgan fingerprint density at radius 1 is 0.778 bits per heavy atom. The standard InChI is InChI=1S/C32H27NO3/c1-21(2)23-15-17-25(18-16-23)29(24-10-4-3-5-11-24)30-27-13-6-7-14-28(27)33(31(30)34)20-22-9-8-12-26(19-22)32(35)36/h3-19,21H,20H2,1-2H3,(H,35,36)/b30-29+. The number of hydrogen-bond donors (Lipinski definition) is 1. The van der Waals surface area contributed by atoms with Gasteiger partial charge >= 0.3 is 5.97 Å². The molecule has 4 heteroatoms. The number of hydrogen-bond acceptors (Lipinski definition) is 2. The summed E-state index contributed by atoms with van der Waals surface area (Å²) in [5, 5.41) is 9.41. The van der Waals surface area contributed by atoms with E-state index in [1.165, 1.54) is 5.56 Å². The molecule has 1 aliphatic heterocycles. The summed E-state index contributed by atoms with van der Waals surface area (Å²) in [6, 6.07) is 33.0. The summed E-state index contributed by atoms with van der Waals surface area (Å²) in [7, 11) is 0. The number of anilines is 1.